The van der Waals surface area contributed by atoms with Crippen molar-refractivity contribution < 1.29 is 10.2 Å². The molecule has 3 nitrogen and oxygen atoms in total. The average Bonchev–Trinajstić information content (AvgIpc) is 2.56. The first kappa shape index (κ1) is 16.9. The molecule has 4 N–H and O–H groups in total. The maximum atomic E-state index is 10.1. The lowest BCUT2D eigenvalue weighted by Crippen LogP contribution is -1.95. The molecule has 0 radical (unpaired) electrons. The van der Waals surface area contributed by atoms with Gasteiger partial charge in [0.1, 0.15) is 11.5 Å². The molecule has 0 spiro atoms. The Hall–Kier alpha value is -2.94. The topological polar surface area (TPSA) is 66.5 Å². The normalized spacial score (nSPS) is 10.9. The van der Waals surface area contributed by atoms with Gasteiger partial charge < -0.3 is 15.9 Å². The first-order valence-electron chi connectivity index (χ1n) is 8.29. The Morgan fingerprint density at radius 3 is 1.60 bits per heavy atom. The first-order chi connectivity index (χ1) is 11.8. The van der Waals surface area contributed by atoms with E-state index < -0.39 is 0 Å². The molecular weight excluding hydrogens is 310 g/mol. The molecule has 3 heteroatoms. The molecular formula is C22H23NO2. The van der Waals surface area contributed by atoms with E-state index in [2.05, 4.69) is 0 Å². The van der Waals surface area contributed by atoms with Gasteiger partial charge in [-0.25, -0.2) is 0 Å². The van der Waals surface area contributed by atoms with Crippen LogP contribution in [0.2, 0.25) is 0 Å². The van der Waals surface area contributed by atoms with E-state index in [9.17, 15) is 10.2 Å². The summed E-state index contributed by atoms with van der Waals surface area (Å²) in [5.74, 6) is 0.640. The number of anilines is 1. The third-order valence-electron chi connectivity index (χ3n) is 4.68. The zero-order valence-corrected chi connectivity index (χ0v) is 15.0. The summed E-state index contributed by atoms with van der Waals surface area (Å²) in [6.45, 7) is 7.57. The van der Waals surface area contributed by atoms with Crippen LogP contribution >= 0.6 is 0 Å². The fourth-order valence-corrected chi connectivity index (χ4v) is 3.34. The van der Waals surface area contributed by atoms with E-state index in [1.807, 2.05) is 70.2 Å². The first-order valence-corrected chi connectivity index (χ1v) is 8.29. The summed E-state index contributed by atoms with van der Waals surface area (Å²) in [7, 11) is 0. The van der Waals surface area contributed by atoms with Crippen molar-refractivity contribution >= 4 is 5.69 Å². The van der Waals surface area contributed by atoms with E-state index in [4.69, 9.17) is 5.73 Å². The molecule has 3 aromatic rings. The number of phenolic OH excluding ortho intramolecular Hbond substituents is 2. The van der Waals surface area contributed by atoms with E-state index in [0.29, 0.717) is 17.2 Å². The van der Waals surface area contributed by atoms with Gasteiger partial charge in [-0.1, -0.05) is 12.1 Å². The molecule has 0 atom stereocenters. The van der Waals surface area contributed by atoms with Crippen molar-refractivity contribution in [2.75, 3.05) is 5.73 Å². The molecule has 0 heterocycles. The summed E-state index contributed by atoms with van der Waals surface area (Å²) < 4.78 is 0. The highest BCUT2D eigenvalue weighted by Gasteiger charge is 2.15. The third kappa shape index (κ3) is 2.93. The van der Waals surface area contributed by atoms with Gasteiger partial charge in [-0.2, -0.15) is 0 Å². The van der Waals surface area contributed by atoms with Crippen molar-refractivity contribution in [1.29, 1.82) is 0 Å². The molecule has 0 aliphatic rings. The SMILES string of the molecule is Cc1cc(-c2cccc(N)c2-c2cc(C)c(O)c(C)c2)cc(C)c1O. The van der Waals surface area contributed by atoms with Gasteiger partial charge in [0.25, 0.3) is 0 Å². The Balaban J connectivity index is 2.30. The molecule has 0 amide bonds. The monoisotopic (exact) mass is 333 g/mol. The van der Waals surface area contributed by atoms with Crippen molar-refractivity contribution in [3.8, 4) is 33.8 Å². The summed E-state index contributed by atoms with van der Waals surface area (Å²) in [6, 6.07) is 13.7. The van der Waals surface area contributed by atoms with E-state index >= 15 is 0 Å². The molecule has 0 fully saturated rings. The lowest BCUT2D eigenvalue weighted by molar-refractivity contribution is 0.466. The lowest BCUT2D eigenvalue weighted by Gasteiger charge is -2.16. The molecule has 0 saturated carbocycles. The van der Waals surface area contributed by atoms with Crippen LogP contribution in [-0.4, -0.2) is 10.2 Å². The van der Waals surface area contributed by atoms with Crippen molar-refractivity contribution in [1.82, 2.24) is 0 Å². The zero-order valence-electron chi connectivity index (χ0n) is 15.0. The van der Waals surface area contributed by atoms with Crippen molar-refractivity contribution in [2.45, 2.75) is 27.7 Å². The summed E-state index contributed by atoms with van der Waals surface area (Å²) in [6.07, 6.45) is 0. The summed E-state index contributed by atoms with van der Waals surface area (Å²) >= 11 is 0. The van der Waals surface area contributed by atoms with Crippen LogP contribution in [0.5, 0.6) is 11.5 Å². The highest BCUT2D eigenvalue weighted by molar-refractivity contribution is 5.92. The van der Waals surface area contributed by atoms with Crippen LogP contribution in [0, 0.1) is 27.7 Å². The number of nitrogens with two attached hydrogens (primary N) is 1. The van der Waals surface area contributed by atoms with E-state index in [1.54, 1.807) is 0 Å². The highest BCUT2D eigenvalue weighted by atomic mass is 16.3. The van der Waals surface area contributed by atoms with Crippen LogP contribution in [-0.2, 0) is 0 Å². The number of aromatic hydroxyl groups is 2. The van der Waals surface area contributed by atoms with E-state index in [0.717, 1.165) is 44.5 Å². The van der Waals surface area contributed by atoms with Crippen molar-refractivity contribution in [2.24, 2.45) is 0 Å². The Labute approximate surface area is 148 Å². The molecule has 0 aromatic heterocycles. The van der Waals surface area contributed by atoms with E-state index in [1.165, 1.54) is 0 Å². The highest BCUT2D eigenvalue weighted by Crippen LogP contribution is 2.40. The van der Waals surface area contributed by atoms with Gasteiger partial charge in [-0.3, -0.25) is 0 Å². The maximum Gasteiger partial charge on any atom is 0.121 e. The Morgan fingerprint density at radius 2 is 1.12 bits per heavy atom. The second kappa shape index (κ2) is 6.17. The van der Waals surface area contributed by atoms with Gasteiger partial charge >= 0.3 is 0 Å². The largest absolute Gasteiger partial charge is 0.507 e. The Kier molecular flexibility index (Phi) is 4.17. The van der Waals surface area contributed by atoms with Gasteiger partial charge in [-0.15, -0.1) is 0 Å². The lowest BCUT2D eigenvalue weighted by atomic mass is 9.90. The second-order valence-electron chi connectivity index (χ2n) is 6.69. The van der Waals surface area contributed by atoms with Gasteiger partial charge in [0.15, 0.2) is 0 Å². The second-order valence-corrected chi connectivity index (χ2v) is 6.69. The fraction of sp³-hybridized carbons (Fsp3) is 0.182. The smallest absolute Gasteiger partial charge is 0.121 e. The molecule has 0 aliphatic carbocycles. The van der Waals surface area contributed by atoms with Gasteiger partial charge in [0.2, 0.25) is 0 Å². The predicted octanol–water partition coefficient (Wildman–Crippen LogP) is 5.25. The number of benzene rings is 3. The standard InChI is InChI=1S/C22H23NO2/c1-12-8-16(9-13(2)21(12)24)18-6-5-7-19(23)20(18)17-10-14(3)22(25)15(4)11-17/h5-11,24-25H,23H2,1-4H3. The Morgan fingerprint density at radius 1 is 0.680 bits per heavy atom. The van der Waals surface area contributed by atoms with Crippen LogP contribution < -0.4 is 5.73 Å². The predicted molar refractivity (Wildman–Crippen MR) is 104 cm³/mol. The van der Waals surface area contributed by atoms with E-state index in [-0.39, 0.29) is 0 Å². The minimum atomic E-state index is 0.316. The van der Waals surface area contributed by atoms with Crippen LogP contribution in [0.15, 0.2) is 42.5 Å². The number of nitrogen functional groups attached to an aromatic ring is 1. The molecule has 0 aliphatic heterocycles. The molecule has 0 bridgehead atoms. The van der Waals surface area contributed by atoms with Crippen LogP contribution in [0.4, 0.5) is 5.69 Å². The van der Waals surface area contributed by atoms with Crippen molar-refractivity contribution in [3.63, 3.8) is 0 Å². The third-order valence-corrected chi connectivity index (χ3v) is 4.68. The number of aryl methyl sites for hydroxylation is 4. The van der Waals surface area contributed by atoms with Gasteiger partial charge in [0, 0.05) is 11.3 Å². The van der Waals surface area contributed by atoms with Crippen molar-refractivity contribution in [3.05, 3.63) is 64.7 Å². The van der Waals surface area contributed by atoms with Crippen LogP contribution in [0.1, 0.15) is 22.3 Å². The average molecular weight is 333 g/mol. The number of rotatable bonds is 2. The van der Waals surface area contributed by atoms with Gasteiger partial charge in [0.05, 0.1) is 0 Å². The summed E-state index contributed by atoms with van der Waals surface area (Å²) in [5, 5.41) is 20.1. The minimum Gasteiger partial charge on any atom is -0.507 e. The maximum absolute atomic E-state index is 10.1. The molecule has 128 valence electrons. The molecule has 0 unspecified atom stereocenters. The molecule has 3 aromatic carbocycles. The Bertz CT molecular complexity index is 928. The molecule has 3 rings (SSSR count). The number of phenols is 2. The number of hydrogen-bond donors (Lipinski definition) is 3. The summed E-state index contributed by atoms with van der Waals surface area (Å²) in [5.41, 5.74) is 14.3. The molecule has 25 heavy (non-hydrogen) atoms. The fourth-order valence-electron chi connectivity index (χ4n) is 3.34. The van der Waals surface area contributed by atoms with Crippen LogP contribution in [0.25, 0.3) is 22.3 Å². The molecule has 0 saturated heterocycles. The van der Waals surface area contributed by atoms with Gasteiger partial charge in [-0.05, 0) is 97.0 Å². The quantitative estimate of drug-likeness (QED) is 0.561. The number of hydrogen-bond acceptors (Lipinski definition) is 3. The van der Waals surface area contributed by atoms with Crippen LogP contribution in [0.3, 0.4) is 0 Å². The summed E-state index contributed by atoms with van der Waals surface area (Å²) in [4.78, 5) is 0. The minimum absolute atomic E-state index is 0.316. The zero-order chi connectivity index (χ0) is 18.3.